The van der Waals surface area contributed by atoms with Crippen molar-refractivity contribution in [3.63, 3.8) is 0 Å². The minimum Gasteiger partial charge on any atom is -0.355 e. The van der Waals surface area contributed by atoms with E-state index >= 15 is 0 Å². The summed E-state index contributed by atoms with van der Waals surface area (Å²) in [4.78, 5) is 8.24. The van der Waals surface area contributed by atoms with Crippen LogP contribution in [0.15, 0.2) is 108 Å². The number of hydrogen-bond donors (Lipinski definition) is 0. The molecule has 0 atom stereocenters. The van der Waals surface area contributed by atoms with E-state index in [0.29, 0.717) is 5.82 Å². The Morgan fingerprint density at radius 1 is 0.872 bits per heavy atom. The predicted molar refractivity (Wildman–Crippen MR) is 164 cm³/mol. The fourth-order valence-corrected chi connectivity index (χ4v) is 6.11. The number of benzene rings is 3. The molecule has 0 unspecified atom stereocenters. The first-order chi connectivity index (χ1) is 21.3. The third kappa shape index (κ3) is 3.77. The first kappa shape index (κ1) is 18.1. The summed E-state index contributed by atoms with van der Waals surface area (Å²) in [7, 11) is 0. The Labute approximate surface area is 238 Å². The van der Waals surface area contributed by atoms with Crippen LogP contribution in [0.3, 0.4) is 0 Å². The highest BCUT2D eigenvalue weighted by molar-refractivity contribution is 6.09. The van der Waals surface area contributed by atoms with Crippen molar-refractivity contribution in [1.82, 2.24) is 9.55 Å². The Morgan fingerprint density at radius 2 is 1.69 bits per heavy atom. The molecule has 3 heterocycles. The van der Waals surface area contributed by atoms with Gasteiger partial charge < -0.3 is 9.80 Å². The van der Waals surface area contributed by atoms with Crippen LogP contribution < -0.4 is 9.80 Å². The van der Waals surface area contributed by atoms with Crippen molar-refractivity contribution in [2.45, 2.75) is 39.0 Å². The highest BCUT2D eigenvalue weighted by atomic mass is 15.4. The average molecular weight is 517 g/mol. The molecule has 5 aromatic rings. The molecular weight excluding hydrogens is 476 g/mol. The fourth-order valence-electron chi connectivity index (χ4n) is 6.11. The number of aromatic nitrogens is 2. The molecule has 0 saturated heterocycles. The summed E-state index contributed by atoms with van der Waals surface area (Å²) in [5.74, 6) is 0.565. The van der Waals surface area contributed by atoms with E-state index in [4.69, 9.17) is 8.22 Å². The molecule has 0 spiro atoms. The zero-order chi connectivity index (χ0) is 31.7. The molecule has 4 heteroatoms. The van der Waals surface area contributed by atoms with E-state index in [1.54, 1.807) is 18.3 Å². The molecule has 4 nitrogen and oxygen atoms in total. The van der Waals surface area contributed by atoms with Crippen molar-refractivity contribution >= 4 is 33.2 Å². The summed E-state index contributed by atoms with van der Waals surface area (Å²) in [5.41, 5.74) is 6.81. The number of nitrogens with zero attached hydrogens (tertiary/aromatic N) is 4. The van der Waals surface area contributed by atoms with Crippen LogP contribution in [0.1, 0.15) is 46.0 Å². The van der Waals surface area contributed by atoms with Crippen molar-refractivity contribution < 1.29 is 8.22 Å². The van der Waals surface area contributed by atoms with Gasteiger partial charge in [0.1, 0.15) is 5.82 Å². The van der Waals surface area contributed by atoms with E-state index in [9.17, 15) is 0 Å². The number of rotatable bonds is 4. The van der Waals surface area contributed by atoms with Crippen LogP contribution in [0.5, 0.6) is 0 Å². The van der Waals surface area contributed by atoms with Crippen molar-refractivity contribution in [1.29, 1.82) is 0 Å². The Bertz CT molecular complexity index is 2010. The smallest absolute Gasteiger partial charge is 0.137 e. The van der Waals surface area contributed by atoms with Crippen LogP contribution in [0, 0.1) is 6.85 Å². The quantitative estimate of drug-likeness (QED) is 0.240. The highest BCUT2D eigenvalue weighted by Gasteiger charge is 2.31. The standard InChI is InChI=1S/C35H34N4/c1-24-18-19-36-34(20-24)39-30-13-6-5-12-28(30)29-17-16-26(22-33(29)39)35(2,3)25-10-9-11-27(21-25)38-23-37(4)31-14-7-8-15-32(31)38/h5-8,10,12-22H,9,11,23H2,1-4H3/i1D3,4D3. The maximum Gasteiger partial charge on any atom is 0.137 e. The molecule has 0 amide bonds. The van der Waals surface area contributed by atoms with Gasteiger partial charge in [-0.2, -0.15) is 0 Å². The molecule has 7 rings (SSSR count). The summed E-state index contributed by atoms with van der Waals surface area (Å²) in [5, 5.41) is 2.14. The van der Waals surface area contributed by atoms with Crippen molar-refractivity contribution in [2.75, 3.05) is 23.4 Å². The van der Waals surface area contributed by atoms with Gasteiger partial charge in [-0.3, -0.25) is 4.57 Å². The number of allylic oxidation sites excluding steroid dienone is 4. The first-order valence-electron chi connectivity index (χ1n) is 16.4. The van der Waals surface area contributed by atoms with Gasteiger partial charge in [0.2, 0.25) is 0 Å². The van der Waals surface area contributed by atoms with Crippen molar-refractivity contribution in [3.05, 3.63) is 120 Å². The highest BCUT2D eigenvalue weighted by Crippen LogP contribution is 2.43. The lowest BCUT2D eigenvalue weighted by Crippen LogP contribution is -2.29. The second-order valence-electron chi connectivity index (χ2n) is 10.9. The Morgan fingerprint density at radius 3 is 2.56 bits per heavy atom. The van der Waals surface area contributed by atoms with Crippen molar-refractivity contribution in [3.8, 4) is 5.82 Å². The van der Waals surface area contributed by atoms with Crippen LogP contribution in [0.25, 0.3) is 27.6 Å². The molecule has 1 aliphatic carbocycles. The van der Waals surface area contributed by atoms with E-state index in [0.717, 1.165) is 62.9 Å². The van der Waals surface area contributed by atoms with Gasteiger partial charge in [0.25, 0.3) is 0 Å². The normalized spacial score (nSPS) is 18.5. The van der Waals surface area contributed by atoms with Crippen LogP contribution in [-0.2, 0) is 5.41 Å². The molecule has 0 fully saturated rings. The number of hydrogen-bond acceptors (Lipinski definition) is 3. The minimum atomic E-state index is -2.24. The molecule has 39 heavy (non-hydrogen) atoms. The fraction of sp³-hybridized carbons (Fsp3) is 0.229. The van der Waals surface area contributed by atoms with Gasteiger partial charge in [-0.05, 0) is 78.9 Å². The lowest BCUT2D eigenvalue weighted by molar-refractivity contribution is 0.626. The van der Waals surface area contributed by atoms with E-state index in [2.05, 4.69) is 64.7 Å². The molecule has 2 aliphatic rings. The second-order valence-corrected chi connectivity index (χ2v) is 10.9. The van der Waals surface area contributed by atoms with E-state index in [1.807, 2.05) is 42.5 Å². The van der Waals surface area contributed by atoms with Gasteiger partial charge in [-0.1, -0.05) is 62.4 Å². The predicted octanol–water partition coefficient (Wildman–Crippen LogP) is 8.28. The SMILES string of the molecule is [2H]C([2H])([2H])c1ccnc(-n2c3ccccc3c3ccc(C(C)(C)C4=CCCC(N5CN(C([2H])([2H])[2H])c6ccccc65)=C4)cc32)c1. The molecule has 3 aromatic carbocycles. The third-order valence-corrected chi connectivity index (χ3v) is 8.27. The molecule has 2 aromatic heterocycles. The number of para-hydroxylation sites is 3. The lowest BCUT2D eigenvalue weighted by Gasteiger charge is -2.32. The molecule has 194 valence electrons. The van der Waals surface area contributed by atoms with Gasteiger partial charge >= 0.3 is 0 Å². The third-order valence-electron chi connectivity index (χ3n) is 8.27. The summed E-state index contributed by atoms with van der Waals surface area (Å²) in [6, 6.07) is 25.6. The zero-order valence-electron chi connectivity index (χ0n) is 28.1. The molecule has 1 aliphatic heterocycles. The average Bonchev–Trinajstić information content (AvgIpc) is 3.57. The van der Waals surface area contributed by atoms with E-state index in [-0.39, 0.29) is 17.6 Å². The van der Waals surface area contributed by atoms with Gasteiger partial charge in [0, 0.05) is 43.3 Å². The Kier molecular flexibility index (Phi) is 4.11. The largest absolute Gasteiger partial charge is 0.355 e. The number of anilines is 2. The minimum absolute atomic E-state index is 0.250. The summed E-state index contributed by atoms with van der Waals surface area (Å²) >= 11 is 0. The molecule has 0 radical (unpaired) electrons. The summed E-state index contributed by atoms with van der Waals surface area (Å²) in [6.07, 6.45) is 7.75. The monoisotopic (exact) mass is 516 g/mol. The molecular formula is C35H34N4. The zero-order valence-corrected chi connectivity index (χ0v) is 22.1. The van der Waals surface area contributed by atoms with Gasteiger partial charge in [0.15, 0.2) is 0 Å². The lowest BCUT2D eigenvalue weighted by atomic mass is 9.75. The first-order valence-corrected chi connectivity index (χ1v) is 13.4. The van der Waals surface area contributed by atoms with Crippen LogP contribution in [0.4, 0.5) is 11.4 Å². The summed E-state index contributed by atoms with van der Waals surface area (Å²) in [6.45, 7) is 0.240. The number of pyridine rings is 1. The van der Waals surface area contributed by atoms with E-state index < -0.39 is 13.8 Å². The maximum atomic E-state index is 8.11. The van der Waals surface area contributed by atoms with E-state index in [1.165, 1.54) is 4.90 Å². The topological polar surface area (TPSA) is 24.3 Å². The van der Waals surface area contributed by atoms with Gasteiger partial charge in [-0.25, -0.2) is 4.98 Å². The van der Waals surface area contributed by atoms with Gasteiger partial charge in [0.05, 0.1) is 29.1 Å². The van der Waals surface area contributed by atoms with Crippen LogP contribution in [0.2, 0.25) is 0 Å². The van der Waals surface area contributed by atoms with Crippen molar-refractivity contribution in [2.24, 2.45) is 0 Å². The molecule has 0 bridgehead atoms. The number of fused-ring (bicyclic) bond motifs is 4. The maximum absolute atomic E-state index is 8.11. The van der Waals surface area contributed by atoms with Gasteiger partial charge in [-0.15, -0.1) is 0 Å². The van der Waals surface area contributed by atoms with Crippen LogP contribution >= 0.6 is 0 Å². The summed E-state index contributed by atoms with van der Waals surface area (Å²) < 4.78 is 50.3. The molecule has 0 N–H and O–H groups in total. The van der Waals surface area contributed by atoms with Crippen LogP contribution in [-0.4, -0.2) is 23.2 Å². The Hall–Kier alpha value is -4.31. The second kappa shape index (κ2) is 8.88. The number of aryl methyl sites for hydroxylation is 1. The molecule has 0 saturated carbocycles. The Balaban J connectivity index is 1.32.